The Kier molecular flexibility index (Phi) is 3.27. The summed E-state index contributed by atoms with van der Waals surface area (Å²) in [6.07, 6.45) is 3.96. The maximum absolute atomic E-state index is 2.32. The fourth-order valence-electron chi connectivity index (χ4n) is 1.70. The second-order valence-corrected chi connectivity index (χ2v) is 3.13. The maximum atomic E-state index is 2.32. The summed E-state index contributed by atoms with van der Waals surface area (Å²) in [5.74, 6) is 0. The van der Waals surface area contributed by atoms with Crippen LogP contribution in [0.4, 0.5) is 0 Å². The van der Waals surface area contributed by atoms with Crippen molar-refractivity contribution in [1.82, 2.24) is 0 Å². The molecule has 1 aromatic rings. The van der Waals surface area contributed by atoms with E-state index in [0.29, 0.717) is 0 Å². The first-order valence-corrected chi connectivity index (χ1v) is 3.95. The Bertz CT molecular complexity index is 253. The normalized spacial score (nSPS) is 13.9. The Hall–Kier alpha value is 0.324. The van der Waals surface area contributed by atoms with E-state index in [4.69, 9.17) is 0 Å². The van der Waals surface area contributed by atoms with Gasteiger partial charge < -0.3 is 0 Å². The standard InChI is InChI=1S/C10H12.Y/c1-8-5-6-9-3-2-4-10(9)7-8;/h5-7H,2-4H2,1H3;. The van der Waals surface area contributed by atoms with Gasteiger partial charge in [-0.15, -0.1) is 0 Å². The number of hydrogen-bond donors (Lipinski definition) is 0. The maximum Gasteiger partial charge on any atom is 0 e. The van der Waals surface area contributed by atoms with Gasteiger partial charge in [0.2, 0.25) is 0 Å². The molecule has 0 saturated heterocycles. The minimum atomic E-state index is 0. The number of rotatable bonds is 0. The van der Waals surface area contributed by atoms with Crippen molar-refractivity contribution in [1.29, 1.82) is 0 Å². The van der Waals surface area contributed by atoms with Crippen molar-refractivity contribution in [2.24, 2.45) is 0 Å². The average Bonchev–Trinajstić information content (AvgIpc) is 2.33. The molecular formula is C10H12Y. The van der Waals surface area contributed by atoms with Crippen LogP contribution in [0.2, 0.25) is 0 Å². The molecule has 0 atom stereocenters. The van der Waals surface area contributed by atoms with Crippen molar-refractivity contribution in [2.45, 2.75) is 26.2 Å². The monoisotopic (exact) mass is 221 g/mol. The number of fused-ring (bicyclic) bond motifs is 1. The molecule has 1 aromatic carbocycles. The Labute approximate surface area is 93.3 Å². The fraction of sp³-hybridized carbons (Fsp3) is 0.400. The van der Waals surface area contributed by atoms with Gasteiger partial charge in [0.25, 0.3) is 0 Å². The van der Waals surface area contributed by atoms with E-state index in [1.54, 1.807) is 11.1 Å². The van der Waals surface area contributed by atoms with Crippen LogP contribution in [0.15, 0.2) is 18.2 Å². The van der Waals surface area contributed by atoms with Crippen LogP contribution < -0.4 is 0 Å². The molecule has 0 aliphatic heterocycles. The molecule has 0 N–H and O–H groups in total. The van der Waals surface area contributed by atoms with Gasteiger partial charge in [0.05, 0.1) is 0 Å². The average molecular weight is 221 g/mol. The van der Waals surface area contributed by atoms with E-state index in [-0.39, 0.29) is 32.7 Å². The number of benzene rings is 1. The van der Waals surface area contributed by atoms with Gasteiger partial charge in [-0.3, -0.25) is 0 Å². The van der Waals surface area contributed by atoms with E-state index < -0.39 is 0 Å². The molecule has 0 fully saturated rings. The number of aryl methyl sites for hydroxylation is 3. The van der Waals surface area contributed by atoms with E-state index >= 15 is 0 Å². The van der Waals surface area contributed by atoms with E-state index in [1.807, 2.05) is 0 Å². The van der Waals surface area contributed by atoms with Gasteiger partial charge in [0.1, 0.15) is 0 Å². The zero-order valence-electron chi connectivity index (χ0n) is 6.93. The Morgan fingerprint density at radius 1 is 1.09 bits per heavy atom. The third kappa shape index (κ3) is 1.92. The van der Waals surface area contributed by atoms with Crippen molar-refractivity contribution in [3.8, 4) is 0 Å². The fourth-order valence-corrected chi connectivity index (χ4v) is 1.70. The molecule has 0 amide bonds. The summed E-state index contributed by atoms with van der Waals surface area (Å²) in [5, 5.41) is 0. The van der Waals surface area contributed by atoms with Crippen LogP contribution >= 0.6 is 0 Å². The molecule has 55 valence electrons. The van der Waals surface area contributed by atoms with Crippen LogP contribution in [0.25, 0.3) is 0 Å². The van der Waals surface area contributed by atoms with Gasteiger partial charge in [-0.05, 0) is 37.3 Å². The molecule has 0 spiro atoms. The summed E-state index contributed by atoms with van der Waals surface area (Å²) >= 11 is 0. The predicted molar refractivity (Wildman–Crippen MR) is 43.2 cm³/mol. The largest absolute Gasteiger partial charge is 0.0590 e. The minimum Gasteiger partial charge on any atom is -0.0590 e. The van der Waals surface area contributed by atoms with Gasteiger partial charge in [-0.2, -0.15) is 0 Å². The molecule has 1 heteroatoms. The molecule has 0 nitrogen and oxygen atoms in total. The second kappa shape index (κ2) is 3.82. The molecule has 2 rings (SSSR count). The second-order valence-electron chi connectivity index (χ2n) is 3.13. The summed E-state index contributed by atoms with van der Waals surface area (Å²) in [7, 11) is 0. The molecule has 1 aliphatic carbocycles. The summed E-state index contributed by atoms with van der Waals surface area (Å²) < 4.78 is 0. The van der Waals surface area contributed by atoms with Crippen LogP contribution in [0.3, 0.4) is 0 Å². The van der Waals surface area contributed by atoms with E-state index in [9.17, 15) is 0 Å². The summed E-state index contributed by atoms with van der Waals surface area (Å²) in [5.41, 5.74) is 4.56. The van der Waals surface area contributed by atoms with Crippen LogP contribution in [-0.2, 0) is 45.6 Å². The van der Waals surface area contributed by atoms with Crippen LogP contribution in [0.5, 0.6) is 0 Å². The Morgan fingerprint density at radius 2 is 1.82 bits per heavy atom. The summed E-state index contributed by atoms with van der Waals surface area (Å²) in [6, 6.07) is 6.81. The summed E-state index contributed by atoms with van der Waals surface area (Å²) in [4.78, 5) is 0. The van der Waals surface area contributed by atoms with E-state index in [2.05, 4.69) is 25.1 Å². The molecule has 0 bridgehead atoms. The first kappa shape index (κ1) is 9.41. The molecule has 11 heavy (non-hydrogen) atoms. The molecule has 0 saturated carbocycles. The van der Waals surface area contributed by atoms with Crippen molar-refractivity contribution >= 4 is 0 Å². The Morgan fingerprint density at radius 3 is 2.64 bits per heavy atom. The van der Waals surface area contributed by atoms with Gasteiger partial charge >= 0.3 is 0 Å². The van der Waals surface area contributed by atoms with Gasteiger partial charge in [0, 0.05) is 32.7 Å². The van der Waals surface area contributed by atoms with Crippen molar-refractivity contribution in [3.63, 3.8) is 0 Å². The zero-order chi connectivity index (χ0) is 6.97. The van der Waals surface area contributed by atoms with Crippen molar-refractivity contribution in [3.05, 3.63) is 34.9 Å². The molecular weight excluding hydrogens is 209 g/mol. The van der Waals surface area contributed by atoms with Crippen molar-refractivity contribution < 1.29 is 32.7 Å². The topological polar surface area (TPSA) is 0 Å². The quantitative estimate of drug-likeness (QED) is 0.631. The third-order valence-corrected chi connectivity index (χ3v) is 2.25. The van der Waals surface area contributed by atoms with E-state index in [1.165, 1.54) is 24.8 Å². The van der Waals surface area contributed by atoms with Gasteiger partial charge in [0.15, 0.2) is 0 Å². The van der Waals surface area contributed by atoms with Gasteiger partial charge in [-0.25, -0.2) is 0 Å². The third-order valence-electron chi connectivity index (χ3n) is 2.25. The smallest absolute Gasteiger partial charge is 0 e. The predicted octanol–water partition coefficient (Wildman–Crippen LogP) is 2.48. The molecule has 1 aliphatic rings. The Balaban J connectivity index is 0.000000605. The zero-order valence-corrected chi connectivity index (χ0v) is 9.77. The van der Waals surface area contributed by atoms with Crippen LogP contribution in [0, 0.1) is 6.92 Å². The van der Waals surface area contributed by atoms with Gasteiger partial charge in [-0.1, -0.05) is 23.8 Å². The number of hydrogen-bond acceptors (Lipinski definition) is 0. The molecule has 1 radical (unpaired) electrons. The SMILES string of the molecule is Cc1ccc2c(c1)CCC2.[Y]. The van der Waals surface area contributed by atoms with Crippen molar-refractivity contribution in [2.75, 3.05) is 0 Å². The van der Waals surface area contributed by atoms with E-state index in [0.717, 1.165) is 0 Å². The van der Waals surface area contributed by atoms with Crippen LogP contribution in [-0.4, -0.2) is 0 Å². The van der Waals surface area contributed by atoms with Crippen LogP contribution in [0.1, 0.15) is 23.1 Å². The molecule has 0 heterocycles. The first-order chi connectivity index (χ1) is 4.86. The molecule has 0 aromatic heterocycles. The minimum absolute atomic E-state index is 0. The summed E-state index contributed by atoms with van der Waals surface area (Å²) in [6.45, 7) is 2.17. The molecule has 0 unspecified atom stereocenters. The first-order valence-electron chi connectivity index (χ1n) is 3.95.